The molecule has 6 nitrogen and oxygen atoms in total. The predicted octanol–water partition coefficient (Wildman–Crippen LogP) is 1.86. The number of likely N-dealkylation sites (tertiary alicyclic amines) is 1. The molecule has 0 aromatic rings. The molecule has 2 atom stereocenters. The minimum absolute atomic E-state index is 0.303. The molecule has 0 spiro atoms. The molecular formula is C19H38N4O2. The second kappa shape index (κ2) is 12.5. The van der Waals surface area contributed by atoms with Crippen molar-refractivity contribution in [3.8, 4) is 0 Å². The van der Waals surface area contributed by atoms with Crippen LogP contribution in [-0.2, 0) is 9.47 Å². The maximum absolute atomic E-state index is 5.80. The summed E-state index contributed by atoms with van der Waals surface area (Å²) in [6, 6.07) is 0. The Kier molecular flexibility index (Phi) is 10.2. The molecule has 0 bridgehead atoms. The largest absolute Gasteiger partial charge is 0.379 e. The van der Waals surface area contributed by atoms with Crippen LogP contribution in [0.2, 0.25) is 0 Å². The van der Waals surface area contributed by atoms with Crippen LogP contribution in [0.5, 0.6) is 0 Å². The summed E-state index contributed by atoms with van der Waals surface area (Å²) in [5, 5.41) is 6.76. The van der Waals surface area contributed by atoms with Gasteiger partial charge in [-0.05, 0) is 51.6 Å². The van der Waals surface area contributed by atoms with Crippen molar-refractivity contribution >= 4 is 5.96 Å². The van der Waals surface area contributed by atoms with E-state index in [9.17, 15) is 0 Å². The first kappa shape index (κ1) is 20.5. The predicted molar refractivity (Wildman–Crippen MR) is 103 cm³/mol. The van der Waals surface area contributed by atoms with Crippen LogP contribution >= 0.6 is 0 Å². The highest BCUT2D eigenvalue weighted by Gasteiger charge is 2.15. The van der Waals surface area contributed by atoms with E-state index in [2.05, 4.69) is 29.4 Å². The highest BCUT2D eigenvalue weighted by atomic mass is 16.5. The molecule has 0 saturated carbocycles. The molecule has 146 valence electrons. The smallest absolute Gasteiger partial charge is 0.191 e. The Balaban J connectivity index is 1.59. The van der Waals surface area contributed by atoms with Gasteiger partial charge in [-0.15, -0.1) is 0 Å². The monoisotopic (exact) mass is 354 g/mol. The van der Waals surface area contributed by atoms with E-state index >= 15 is 0 Å². The third kappa shape index (κ3) is 8.88. The number of hydrogen-bond donors (Lipinski definition) is 2. The molecule has 2 rings (SSSR count). The van der Waals surface area contributed by atoms with Gasteiger partial charge in [0, 0.05) is 39.4 Å². The average molecular weight is 355 g/mol. The van der Waals surface area contributed by atoms with E-state index in [1.54, 1.807) is 0 Å². The Morgan fingerprint density at radius 1 is 1.28 bits per heavy atom. The van der Waals surface area contributed by atoms with Crippen LogP contribution in [0.15, 0.2) is 4.99 Å². The van der Waals surface area contributed by atoms with Crippen molar-refractivity contribution in [2.24, 2.45) is 10.9 Å². The number of guanidine groups is 1. The Hall–Kier alpha value is -0.850. The molecule has 25 heavy (non-hydrogen) atoms. The first-order chi connectivity index (χ1) is 12.3. The number of nitrogens with one attached hydrogen (secondary N) is 2. The Morgan fingerprint density at radius 3 is 2.84 bits per heavy atom. The fourth-order valence-electron chi connectivity index (χ4n) is 3.40. The molecule has 0 aliphatic carbocycles. The highest BCUT2D eigenvalue weighted by Crippen LogP contribution is 2.11. The fourth-order valence-corrected chi connectivity index (χ4v) is 3.40. The molecule has 2 aliphatic heterocycles. The van der Waals surface area contributed by atoms with Crippen LogP contribution in [0.3, 0.4) is 0 Å². The molecule has 0 amide bonds. The van der Waals surface area contributed by atoms with E-state index in [0.29, 0.717) is 12.0 Å². The van der Waals surface area contributed by atoms with Gasteiger partial charge < -0.3 is 25.0 Å². The molecular weight excluding hydrogens is 316 g/mol. The first-order valence-electron chi connectivity index (χ1n) is 10.2. The zero-order valence-corrected chi connectivity index (χ0v) is 16.3. The summed E-state index contributed by atoms with van der Waals surface area (Å²) in [5.74, 6) is 1.52. The van der Waals surface area contributed by atoms with Crippen molar-refractivity contribution in [2.45, 2.75) is 52.1 Å². The van der Waals surface area contributed by atoms with Gasteiger partial charge in [0.25, 0.3) is 0 Å². The number of hydrogen-bond acceptors (Lipinski definition) is 4. The number of piperidine rings is 1. The van der Waals surface area contributed by atoms with Crippen LogP contribution in [0.1, 0.15) is 46.0 Å². The second-order valence-electron chi connectivity index (χ2n) is 7.32. The summed E-state index contributed by atoms with van der Waals surface area (Å²) in [4.78, 5) is 7.35. The lowest BCUT2D eigenvalue weighted by atomic mass is 10.1. The quantitative estimate of drug-likeness (QED) is 0.356. The Labute approximate surface area is 153 Å². The van der Waals surface area contributed by atoms with Gasteiger partial charge in [-0.2, -0.15) is 0 Å². The van der Waals surface area contributed by atoms with E-state index in [1.807, 2.05) is 0 Å². The minimum Gasteiger partial charge on any atom is -0.379 e. The van der Waals surface area contributed by atoms with Crippen LogP contribution in [0.4, 0.5) is 0 Å². The van der Waals surface area contributed by atoms with E-state index in [0.717, 1.165) is 58.3 Å². The molecule has 2 unspecified atom stereocenters. The number of rotatable bonds is 10. The zero-order chi connectivity index (χ0) is 17.7. The SMILES string of the molecule is CCNC(=NCC(C)CN1CCCCC1)NCCCOC1CCOC1. The van der Waals surface area contributed by atoms with E-state index < -0.39 is 0 Å². The zero-order valence-electron chi connectivity index (χ0n) is 16.3. The topological polar surface area (TPSA) is 58.1 Å². The van der Waals surface area contributed by atoms with Crippen molar-refractivity contribution in [2.75, 3.05) is 59.1 Å². The van der Waals surface area contributed by atoms with Crippen LogP contribution in [0, 0.1) is 5.92 Å². The van der Waals surface area contributed by atoms with Gasteiger partial charge in [0.05, 0.1) is 12.7 Å². The summed E-state index contributed by atoms with van der Waals surface area (Å²) in [5.41, 5.74) is 0. The van der Waals surface area contributed by atoms with Crippen molar-refractivity contribution in [1.82, 2.24) is 15.5 Å². The van der Waals surface area contributed by atoms with Crippen molar-refractivity contribution < 1.29 is 9.47 Å². The average Bonchev–Trinajstić information content (AvgIpc) is 3.13. The highest BCUT2D eigenvalue weighted by molar-refractivity contribution is 5.79. The summed E-state index contributed by atoms with van der Waals surface area (Å²) in [6.45, 7) is 13.1. The minimum atomic E-state index is 0.303. The van der Waals surface area contributed by atoms with Crippen molar-refractivity contribution in [3.63, 3.8) is 0 Å². The lowest BCUT2D eigenvalue weighted by molar-refractivity contribution is 0.0420. The molecule has 2 heterocycles. The van der Waals surface area contributed by atoms with Gasteiger partial charge >= 0.3 is 0 Å². The van der Waals surface area contributed by atoms with Gasteiger partial charge in [-0.3, -0.25) is 4.99 Å². The van der Waals surface area contributed by atoms with Crippen LogP contribution in [0.25, 0.3) is 0 Å². The summed E-state index contributed by atoms with van der Waals surface area (Å²) >= 11 is 0. The van der Waals surface area contributed by atoms with E-state index in [1.165, 1.54) is 38.9 Å². The second-order valence-corrected chi connectivity index (χ2v) is 7.32. The molecule has 2 saturated heterocycles. The molecule has 6 heteroatoms. The number of aliphatic imine (C=N–C) groups is 1. The Bertz CT molecular complexity index is 366. The van der Waals surface area contributed by atoms with Gasteiger partial charge in [0.1, 0.15) is 0 Å². The van der Waals surface area contributed by atoms with Gasteiger partial charge in [0.15, 0.2) is 5.96 Å². The lowest BCUT2D eigenvalue weighted by Crippen LogP contribution is -2.39. The van der Waals surface area contributed by atoms with Crippen LogP contribution < -0.4 is 10.6 Å². The fraction of sp³-hybridized carbons (Fsp3) is 0.947. The first-order valence-corrected chi connectivity index (χ1v) is 10.2. The van der Waals surface area contributed by atoms with Crippen LogP contribution in [-0.4, -0.2) is 76.1 Å². The number of ether oxygens (including phenoxy) is 2. The molecule has 0 aromatic carbocycles. The third-order valence-electron chi connectivity index (χ3n) is 4.78. The van der Waals surface area contributed by atoms with Gasteiger partial charge in [0.2, 0.25) is 0 Å². The summed E-state index contributed by atoms with van der Waals surface area (Å²) in [7, 11) is 0. The normalized spacial score (nSPS) is 23.6. The molecule has 0 aromatic heterocycles. The van der Waals surface area contributed by atoms with E-state index in [-0.39, 0.29) is 0 Å². The van der Waals surface area contributed by atoms with Crippen molar-refractivity contribution in [3.05, 3.63) is 0 Å². The maximum atomic E-state index is 5.80. The number of nitrogens with zero attached hydrogens (tertiary/aromatic N) is 2. The lowest BCUT2D eigenvalue weighted by Gasteiger charge is -2.28. The third-order valence-corrected chi connectivity index (χ3v) is 4.78. The molecule has 2 aliphatic rings. The maximum Gasteiger partial charge on any atom is 0.191 e. The van der Waals surface area contributed by atoms with Gasteiger partial charge in [-0.25, -0.2) is 0 Å². The molecule has 2 N–H and O–H groups in total. The molecule has 0 radical (unpaired) electrons. The summed E-state index contributed by atoms with van der Waals surface area (Å²) < 4.78 is 11.1. The summed E-state index contributed by atoms with van der Waals surface area (Å²) in [6.07, 6.45) is 6.44. The Morgan fingerprint density at radius 2 is 2.12 bits per heavy atom. The van der Waals surface area contributed by atoms with E-state index in [4.69, 9.17) is 14.5 Å². The van der Waals surface area contributed by atoms with Gasteiger partial charge in [-0.1, -0.05) is 13.3 Å². The molecule has 2 fully saturated rings. The standard InChI is InChI=1S/C19H38N4O2/c1-3-20-19(21-9-7-12-25-18-8-13-24-16-18)22-14-17(2)15-23-10-5-4-6-11-23/h17-18H,3-16H2,1-2H3,(H2,20,21,22). The van der Waals surface area contributed by atoms with Crippen molar-refractivity contribution in [1.29, 1.82) is 0 Å².